The fraction of sp³-hybridized carbons (Fsp3) is 0.235. The Morgan fingerprint density at radius 2 is 1.83 bits per heavy atom. The van der Waals surface area contributed by atoms with Crippen LogP contribution < -0.4 is 10.1 Å². The van der Waals surface area contributed by atoms with E-state index < -0.39 is 24.3 Å². The van der Waals surface area contributed by atoms with Crippen molar-refractivity contribution in [1.82, 2.24) is 5.32 Å². The first-order chi connectivity index (χ1) is 11.3. The van der Waals surface area contributed by atoms with Crippen LogP contribution in [0.3, 0.4) is 0 Å². The summed E-state index contributed by atoms with van der Waals surface area (Å²) in [6.45, 7) is 1.28. The predicted molar refractivity (Wildman–Crippen MR) is 79.9 cm³/mol. The highest BCUT2D eigenvalue weighted by Crippen LogP contribution is 2.31. The number of rotatable bonds is 5. The lowest BCUT2D eigenvalue weighted by Gasteiger charge is -2.15. The zero-order valence-corrected chi connectivity index (χ0v) is 12.7. The summed E-state index contributed by atoms with van der Waals surface area (Å²) < 4.78 is 55.7. The van der Waals surface area contributed by atoms with Gasteiger partial charge in [-0.25, -0.2) is 4.39 Å². The molecule has 0 aliphatic rings. The summed E-state index contributed by atoms with van der Waals surface area (Å²) in [5, 5.41) is 2.62. The summed E-state index contributed by atoms with van der Waals surface area (Å²) in [5.74, 6) is -0.927. The minimum Gasteiger partial charge on any atom is -0.484 e. The molecule has 128 valence electrons. The summed E-state index contributed by atoms with van der Waals surface area (Å²) in [6.07, 6.45) is -4.47. The summed E-state index contributed by atoms with van der Waals surface area (Å²) in [5.41, 5.74) is -0.149. The first-order valence-electron chi connectivity index (χ1n) is 7.10. The van der Waals surface area contributed by atoms with Crippen molar-refractivity contribution in [2.75, 3.05) is 6.61 Å². The van der Waals surface area contributed by atoms with Crippen molar-refractivity contribution in [1.29, 1.82) is 0 Å². The number of carbonyl (C=O) groups is 1. The van der Waals surface area contributed by atoms with Crippen LogP contribution in [0.15, 0.2) is 48.5 Å². The Kier molecular flexibility index (Phi) is 5.43. The molecular weight excluding hydrogens is 326 g/mol. The third kappa shape index (κ3) is 4.97. The molecule has 2 rings (SSSR count). The van der Waals surface area contributed by atoms with Gasteiger partial charge in [0.25, 0.3) is 5.91 Å². The Morgan fingerprint density at radius 3 is 2.46 bits per heavy atom. The maximum atomic E-state index is 12.9. The average Bonchev–Trinajstić information content (AvgIpc) is 2.53. The van der Waals surface area contributed by atoms with Gasteiger partial charge < -0.3 is 10.1 Å². The molecule has 0 bridgehead atoms. The highest BCUT2D eigenvalue weighted by molar-refractivity contribution is 5.78. The number of nitrogens with one attached hydrogen (secondary N) is 1. The Balaban J connectivity index is 1.90. The van der Waals surface area contributed by atoms with Crippen LogP contribution in [-0.2, 0) is 11.0 Å². The molecule has 0 aliphatic heterocycles. The molecule has 2 aromatic carbocycles. The first-order valence-corrected chi connectivity index (χ1v) is 7.10. The van der Waals surface area contributed by atoms with E-state index in [9.17, 15) is 22.4 Å². The fourth-order valence-electron chi connectivity index (χ4n) is 2.03. The van der Waals surface area contributed by atoms with E-state index in [0.717, 1.165) is 12.1 Å². The van der Waals surface area contributed by atoms with Crippen molar-refractivity contribution in [2.24, 2.45) is 0 Å². The third-order valence-electron chi connectivity index (χ3n) is 3.28. The van der Waals surface area contributed by atoms with E-state index in [1.54, 1.807) is 6.92 Å². The van der Waals surface area contributed by atoms with Crippen molar-refractivity contribution in [2.45, 2.75) is 19.1 Å². The monoisotopic (exact) mass is 341 g/mol. The molecule has 0 aliphatic carbocycles. The summed E-state index contributed by atoms with van der Waals surface area (Å²) in [6, 6.07) is 9.53. The van der Waals surface area contributed by atoms with Crippen molar-refractivity contribution < 1.29 is 27.1 Å². The van der Waals surface area contributed by atoms with Crippen LogP contribution >= 0.6 is 0 Å². The summed E-state index contributed by atoms with van der Waals surface area (Å²) in [7, 11) is 0. The van der Waals surface area contributed by atoms with Crippen molar-refractivity contribution in [3.05, 3.63) is 65.5 Å². The largest absolute Gasteiger partial charge is 0.484 e. The normalized spacial score (nSPS) is 12.5. The average molecular weight is 341 g/mol. The molecule has 0 fully saturated rings. The maximum Gasteiger partial charge on any atom is 0.416 e. The third-order valence-corrected chi connectivity index (χ3v) is 3.28. The summed E-state index contributed by atoms with van der Waals surface area (Å²) in [4.78, 5) is 11.8. The topological polar surface area (TPSA) is 38.3 Å². The minimum atomic E-state index is -4.47. The van der Waals surface area contributed by atoms with E-state index in [2.05, 4.69) is 5.32 Å². The quantitative estimate of drug-likeness (QED) is 0.832. The van der Waals surface area contributed by atoms with Crippen LogP contribution in [0.5, 0.6) is 5.75 Å². The number of ether oxygens (including phenoxy) is 1. The van der Waals surface area contributed by atoms with E-state index in [-0.39, 0.29) is 17.6 Å². The van der Waals surface area contributed by atoms with Gasteiger partial charge in [-0.15, -0.1) is 0 Å². The van der Waals surface area contributed by atoms with Crippen LogP contribution in [0.4, 0.5) is 17.6 Å². The Bertz CT molecular complexity index is 698. The standard InChI is InChI=1S/C17H15F4NO2/c1-11(12-5-7-14(18)8-6-12)22-16(23)10-24-15-4-2-3-13(9-15)17(19,20)21/h2-9,11H,10H2,1H3,(H,22,23). The molecule has 0 radical (unpaired) electrons. The van der Waals surface area contributed by atoms with Gasteiger partial charge in [0.15, 0.2) is 6.61 Å². The lowest BCUT2D eigenvalue weighted by Crippen LogP contribution is -2.31. The molecule has 24 heavy (non-hydrogen) atoms. The second-order valence-corrected chi connectivity index (χ2v) is 5.16. The Morgan fingerprint density at radius 1 is 1.17 bits per heavy atom. The Hall–Kier alpha value is -2.57. The smallest absolute Gasteiger partial charge is 0.416 e. The number of halogens is 4. The molecule has 1 atom stereocenters. The molecule has 2 aromatic rings. The number of carbonyl (C=O) groups excluding carboxylic acids is 1. The minimum absolute atomic E-state index is 0.0468. The molecule has 0 saturated heterocycles. The highest BCUT2D eigenvalue weighted by Gasteiger charge is 2.30. The molecule has 1 unspecified atom stereocenters. The SMILES string of the molecule is CC(NC(=O)COc1cccc(C(F)(F)F)c1)c1ccc(F)cc1. The second kappa shape index (κ2) is 7.33. The molecule has 3 nitrogen and oxygen atoms in total. The van der Waals surface area contributed by atoms with Gasteiger partial charge in [0.05, 0.1) is 11.6 Å². The van der Waals surface area contributed by atoms with Crippen LogP contribution in [0.25, 0.3) is 0 Å². The molecule has 0 heterocycles. The molecule has 1 N–H and O–H groups in total. The van der Waals surface area contributed by atoms with Crippen LogP contribution in [0.2, 0.25) is 0 Å². The zero-order valence-electron chi connectivity index (χ0n) is 12.7. The first kappa shape index (κ1) is 17.8. The molecule has 0 spiro atoms. The van der Waals surface area contributed by atoms with Gasteiger partial charge in [0.2, 0.25) is 0 Å². The van der Waals surface area contributed by atoms with Gasteiger partial charge in [-0.2, -0.15) is 13.2 Å². The maximum absolute atomic E-state index is 12.9. The van der Waals surface area contributed by atoms with Gasteiger partial charge in [0, 0.05) is 0 Å². The van der Waals surface area contributed by atoms with Gasteiger partial charge in [-0.05, 0) is 42.8 Å². The van der Waals surface area contributed by atoms with Crippen LogP contribution in [0, 0.1) is 5.82 Å². The van der Waals surface area contributed by atoms with Crippen molar-refractivity contribution in [3.8, 4) is 5.75 Å². The summed E-state index contributed by atoms with van der Waals surface area (Å²) >= 11 is 0. The van der Waals surface area contributed by atoms with Crippen LogP contribution in [-0.4, -0.2) is 12.5 Å². The second-order valence-electron chi connectivity index (χ2n) is 5.16. The van der Waals surface area contributed by atoms with E-state index in [1.165, 1.54) is 36.4 Å². The highest BCUT2D eigenvalue weighted by atomic mass is 19.4. The number of alkyl halides is 3. The van der Waals surface area contributed by atoms with Crippen molar-refractivity contribution in [3.63, 3.8) is 0 Å². The van der Waals surface area contributed by atoms with Crippen LogP contribution in [0.1, 0.15) is 24.1 Å². The van der Waals surface area contributed by atoms with Gasteiger partial charge >= 0.3 is 6.18 Å². The number of hydrogen-bond acceptors (Lipinski definition) is 2. The van der Waals surface area contributed by atoms with E-state index in [1.807, 2.05) is 0 Å². The van der Waals surface area contributed by atoms with Crippen molar-refractivity contribution >= 4 is 5.91 Å². The lowest BCUT2D eigenvalue weighted by atomic mass is 10.1. The molecule has 1 amide bonds. The molecular formula is C17H15F4NO2. The lowest BCUT2D eigenvalue weighted by molar-refractivity contribution is -0.137. The van der Waals surface area contributed by atoms with E-state index in [4.69, 9.17) is 4.74 Å². The number of amides is 1. The molecule has 0 saturated carbocycles. The van der Waals surface area contributed by atoms with Gasteiger partial charge in [-0.3, -0.25) is 4.79 Å². The zero-order chi connectivity index (χ0) is 17.7. The predicted octanol–water partition coefficient (Wildman–Crippen LogP) is 4.10. The number of hydrogen-bond donors (Lipinski definition) is 1. The fourth-order valence-corrected chi connectivity index (χ4v) is 2.03. The van der Waals surface area contributed by atoms with Gasteiger partial charge in [0.1, 0.15) is 11.6 Å². The Labute approximate surface area is 136 Å². The molecule has 0 aromatic heterocycles. The molecule has 7 heteroatoms. The van der Waals surface area contributed by atoms with E-state index >= 15 is 0 Å². The van der Waals surface area contributed by atoms with Gasteiger partial charge in [-0.1, -0.05) is 18.2 Å². The van der Waals surface area contributed by atoms with E-state index in [0.29, 0.717) is 5.56 Å². The number of benzene rings is 2.